The average molecular weight is 360 g/mol. The van der Waals surface area contributed by atoms with E-state index < -0.39 is 0 Å². The summed E-state index contributed by atoms with van der Waals surface area (Å²) in [5, 5.41) is 2.37. The van der Waals surface area contributed by atoms with E-state index in [2.05, 4.69) is 51.3 Å². The second-order valence-corrected chi connectivity index (χ2v) is 7.14. The number of pyridine rings is 2. The molecule has 1 aliphatic rings. The van der Waals surface area contributed by atoms with E-state index in [4.69, 9.17) is 0 Å². The van der Waals surface area contributed by atoms with Crippen molar-refractivity contribution in [2.45, 2.75) is 19.9 Å². The first-order chi connectivity index (χ1) is 13.2. The van der Waals surface area contributed by atoms with Gasteiger partial charge in [0.15, 0.2) is 0 Å². The molecule has 0 spiro atoms. The van der Waals surface area contributed by atoms with Crippen LogP contribution >= 0.6 is 0 Å². The Labute approximate surface area is 159 Å². The summed E-state index contributed by atoms with van der Waals surface area (Å²) in [7, 11) is 0. The number of amides is 1. The van der Waals surface area contributed by atoms with Gasteiger partial charge in [-0.25, -0.2) is 0 Å². The predicted octanol–water partition coefficient (Wildman–Crippen LogP) is 2.88. The lowest BCUT2D eigenvalue weighted by Gasteiger charge is -2.34. The van der Waals surface area contributed by atoms with Crippen LogP contribution in [0.3, 0.4) is 0 Å². The van der Waals surface area contributed by atoms with Gasteiger partial charge in [-0.15, -0.1) is 0 Å². The third-order valence-electron chi connectivity index (χ3n) is 5.15. The molecule has 0 atom stereocenters. The van der Waals surface area contributed by atoms with E-state index in [0.717, 1.165) is 55.9 Å². The summed E-state index contributed by atoms with van der Waals surface area (Å²) in [5.74, 6) is 0.170. The zero-order chi connectivity index (χ0) is 18.6. The van der Waals surface area contributed by atoms with Crippen LogP contribution in [-0.2, 0) is 17.8 Å². The Morgan fingerprint density at radius 1 is 0.963 bits per heavy atom. The van der Waals surface area contributed by atoms with Crippen LogP contribution in [0.25, 0.3) is 10.8 Å². The number of hydrogen-bond donors (Lipinski definition) is 0. The molecule has 5 nitrogen and oxygen atoms in total. The molecule has 4 rings (SSSR count). The second-order valence-electron chi connectivity index (χ2n) is 7.14. The van der Waals surface area contributed by atoms with Gasteiger partial charge >= 0.3 is 0 Å². The Hall–Kier alpha value is -2.79. The lowest BCUT2D eigenvalue weighted by Crippen LogP contribution is -2.47. The van der Waals surface area contributed by atoms with E-state index in [-0.39, 0.29) is 5.91 Å². The van der Waals surface area contributed by atoms with Crippen LogP contribution in [0, 0.1) is 0 Å². The highest BCUT2D eigenvalue weighted by Crippen LogP contribution is 2.16. The Morgan fingerprint density at radius 2 is 1.70 bits per heavy atom. The molecule has 0 saturated carbocycles. The van der Waals surface area contributed by atoms with Gasteiger partial charge in [-0.05, 0) is 29.1 Å². The molecule has 0 unspecified atom stereocenters. The molecule has 1 amide bonds. The third kappa shape index (κ3) is 4.31. The first-order valence-corrected chi connectivity index (χ1v) is 9.43. The molecule has 2 aromatic heterocycles. The number of aromatic nitrogens is 2. The quantitative estimate of drug-likeness (QED) is 0.718. The topological polar surface area (TPSA) is 49.3 Å². The third-order valence-corrected chi connectivity index (χ3v) is 5.15. The smallest absolute Gasteiger partial charge is 0.219 e. The van der Waals surface area contributed by atoms with Gasteiger partial charge in [0.1, 0.15) is 0 Å². The van der Waals surface area contributed by atoms with Crippen LogP contribution < -0.4 is 0 Å². The van der Waals surface area contributed by atoms with Crippen LogP contribution in [0.1, 0.15) is 23.9 Å². The van der Waals surface area contributed by atoms with E-state index in [0.29, 0.717) is 0 Å². The van der Waals surface area contributed by atoms with Gasteiger partial charge in [0, 0.05) is 75.2 Å². The van der Waals surface area contributed by atoms with Crippen LogP contribution in [0.5, 0.6) is 0 Å². The molecular weight excluding hydrogens is 336 g/mol. The number of fused-ring (bicyclic) bond motifs is 1. The number of hydrogen-bond acceptors (Lipinski definition) is 4. The van der Waals surface area contributed by atoms with E-state index in [9.17, 15) is 4.79 Å². The van der Waals surface area contributed by atoms with E-state index in [1.807, 2.05) is 23.4 Å². The Morgan fingerprint density at radius 3 is 2.48 bits per heavy atom. The zero-order valence-electron chi connectivity index (χ0n) is 15.6. The minimum Gasteiger partial charge on any atom is -0.340 e. The van der Waals surface area contributed by atoms with Crippen LogP contribution in [-0.4, -0.2) is 51.9 Å². The molecule has 1 saturated heterocycles. The molecule has 3 aromatic rings. The van der Waals surface area contributed by atoms with Crippen LogP contribution in [0.4, 0.5) is 0 Å². The summed E-state index contributed by atoms with van der Waals surface area (Å²) in [6.07, 6.45) is 4.55. The van der Waals surface area contributed by atoms with Gasteiger partial charge in [-0.1, -0.05) is 24.3 Å². The monoisotopic (exact) mass is 360 g/mol. The fourth-order valence-electron chi connectivity index (χ4n) is 3.61. The van der Waals surface area contributed by atoms with E-state index >= 15 is 0 Å². The molecule has 0 bridgehead atoms. The molecule has 1 aliphatic heterocycles. The van der Waals surface area contributed by atoms with Crippen molar-refractivity contribution in [2.24, 2.45) is 0 Å². The van der Waals surface area contributed by atoms with Crippen molar-refractivity contribution in [1.29, 1.82) is 0 Å². The summed E-state index contributed by atoms with van der Waals surface area (Å²) in [5.41, 5.74) is 3.34. The van der Waals surface area contributed by atoms with Gasteiger partial charge in [0.25, 0.3) is 0 Å². The average Bonchev–Trinajstić information content (AvgIpc) is 2.69. The Balaban J connectivity index is 1.42. The number of benzene rings is 1. The maximum absolute atomic E-state index is 11.5. The number of carbonyl (C=O) groups excluding carboxylic acids is 1. The van der Waals surface area contributed by atoms with E-state index in [1.54, 1.807) is 6.92 Å². The van der Waals surface area contributed by atoms with Crippen molar-refractivity contribution >= 4 is 16.7 Å². The number of nitrogens with zero attached hydrogens (tertiary/aromatic N) is 4. The fraction of sp³-hybridized carbons (Fsp3) is 0.318. The normalized spacial score (nSPS) is 15.2. The molecule has 27 heavy (non-hydrogen) atoms. The maximum Gasteiger partial charge on any atom is 0.219 e. The van der Waals surface area contributed by atoms with Crippen LogP contribution in [0.15, 0.2) is 54.9 Å². The lowest BCUT2D eigenvalue weighted by molar-refractivity contribution is -0.130. The highest BCUT2D eigenvalue weighted by atomic mass is 16.2. The summed E-state index contributed by atoms with van der Waals surface area (Å²) in [6, 6.07) is 14.7. The predicted molar refractivity (Wildman–Crippen MR) is 106 cm³/mol. The lowest BCUT2D eigenvalue weighted by atomic mass is 10.1. The van der Waals surface area contributed by atoms with Gasteiger partial charge in [-0.3, -0.25) is 19.7 Å². The maximum atomic E-state index is 11.5. The molecule has 5 heteroatoms. The summed E-state index contributed by atoms with van der Waals surface area (Å²) in [4.78, 5) is 24.9. The number of piperazine rings is 1. The highest BCUT2D eigenvalue weighted by Gasteiger charge is 2.18. The molecule has 138 valence electrons. The van der Waals surface area contributed by atoms with Crippen molar-refractivity contribution in [2.75, 3.05) is 26.2 Å². The van der Waals surface area contributed by atoms with Gasteiger partial charge in [0.2, 0.25) is 5.91 Å². The molecule has 1 aromatic carbocycles. The fourth-order valence-corrected chi connectivity index (χ4v) is 3.61. The largest absolute Gasteiger partial charge is 0.340 e. The molecule has 0 radical (unpaired) electrons. The summed E-state index contributed by atoms with van der Waals surface area (Å²) < 4.78 is 0. The van der Waals surface area contributed by atoms with Crippen LogP contribution in [0.2, 0.25) is 0 Å². The van der Waals surface area contributed by atoms with Gasteiger partial charge in [-0.2, -0.15) is 0 Å². The van der Waals surface area contributed by atoms with Crippen molar-refractivity contribution in [3.8, 4) is 0 Å². The number of rotatable bonds is 4. The van der Waals surface area contributed by atoms with Crippen molar-refractivity contribution in [3.05, 3.63) is 71.8 Å². The van der Waals surface area contributed by atoms with Gasteiger partial charge in [0.05, 0.1) is 0 Å². The molecular formula is C22H24N4O. The SMILES string of the molecule is CC(=O)N1CCN(Cc2ccnc(Cc3cc4ccccc4cn3)c2)CC1. The summed E-state index contributed by atoms with van der Waals surface area (Å²) in [6.45, 7) is 6.01. The standard InChI is InChI=1S/C22H24N4O/c1-17(27)26-10-8-25(9-11-26)16-18-6-7-23-21(12-18)14-22-13-19-4-2-3-5-20(19)15-24-22/h2-7,12-13,15H,8-11,14,16H2,1H3. The second kappa shape index (κ2) is 7.84. The molecule has 1 fully saturated rings. The van der Waals surface area contributed by atoms with Crippen molar-refractivity contribution in [3.63, 3.8) is 0 Å². The first-order valence-electron chi connectivity index (χ1n) is 9.43. The molecule has 0 aliphatic carbocycles. The van der Waals surface area contributed by atoms with Crippen molar-refractivity contribution < 1.29 is 4.79 Å². The molecule has 3 heterocycles. The Kier molecular flexibility index (Phi) is 5.12. The Bertz CT molecular complexity index is 948. The zero-order valence-corrected chi connectivity index (χ0v) is 15.6. The summed E-state index contributed by atoms with van der Waals surface area (Å²) >= 11 is 0. The van der Waals surface area contributed by atoms with Gasteiger partial charge < -0.3 is 4.90 Å². The highest BCUT2D eigenvalue weighted by molar-refractivity contribution is 5.81. The number of carbonyl (C=O) groups is 1. The molecule has 0 N–H and O–H groups in total. The van der Waals surface area contributed by atoms with Crippen molar-refractivity contribution in [1.82, 2.24) is 19.8 Å². The minimum atomic E-state index is 0.170. The van der Waals surface area contributed by atoms with E-state index in [1.165, 1.54) is 10.9 Å². The minimum absolute atomic E-state index is 0.170. The first kappa shape index (κ1) is 17.6.